The minimum atomic E-state index is -3.58. The average molecular weight is 230 g/mol. The summed E-state index contributed by atoms with van der Waals surface area (Å²) in [6.07, 6.45) is 3.68. The number of carboxylic acid groups (broad SMARTS) is 1. The second-order valence-electron chi connectivity index (χ2n) is 2.95. The van der Waals surface area contributed by atoms with Crippen molar-refractivity contribution in [1.29, 1.82) is 0 Å². The van der Waals surface area contributed by atoms with E-state index in [9.17, 15) is 13.2 Å². The van der Waals surface area contributed by atoms with E-state index < -0.39 is 22.0 Å². The molecular formula is C8H10N2O4S. The van der Waals surface area contributed by atoms with Crippen molar-refractivity contribution in [3.63, 3.8) is 0 Å². The molecule has 2 N–H and O–H groups in total. The van der Waals surface area contributed by atoms with E-state index >= 15 is 0 Å². The van der Waals surface area contributed by atoms with Crippen molar-refractivity contribution in [3.05, 3.63) is 30.1 Å². The zero-order valence-electron chi connectivity index (χ0n) is 7.91. The van der Waals surface area contributed by atoms with Gasteiger partial charge in [0.05, 0.1) is 6.26 Å². The molecule has 0 fully saturated rings. The number of carboxylic acids is 1. The largest absolute Gasteiger partial charge is 0.480 e. The van der Waals surface area contributed by atoms with Gasteiger partial charge in [0.2, 0.25) is 10.0 Å². The maximum atomic E-state index is 10.9. The Morgan fingerprint density at radius 3 is 2.67 bits per heavy atom. The molecule has 0 saturated carbocycles. The second kappa shape index (κ2) is 4.37. The van der Waals surface area contributed by atoms with Crippen LogP contribution in [-0.4, -0.2) is 30.7 Å². The van der Waals surface area contributed by atoms with E-state index in [0.717, 1.165) is 6.26 Å². The number of hydrogen-bond donors (Lipinski definition) is 2. The van der Waals surface area contributed by atoms with Gasteiger partial charge in [-0.3, -0.25) is 9.78 Å². The maximum Gasteiger partial charge on any atom is 0.326 e. The summed E-state index contributed by atoms with van der Waals surface area (Å²) >= 11 is 0. The molecule has 6 nitrogen and oxygen atoms in total. The van der Waals surface area contributed by atoms with E-state index in [0.29, 0.717) is 0 Å². The molecule has 7 heteroatoms. The molecule has 0 aliphatic carbocycles. The first-order chi connectivity index (χ1) is 6.90. The lowest BCUT2D eigenvalue weighted by Crippen LogP contribution is -2.32. The van der Waals surface area contributed by atoms with Crippen LogP contribution in [0.3, 0.4) is 0 Å². The Hall–Kier alpha value is -1.47. The summed E-state index contributed by atoms with van der Waals surface area (Å²) in [6, 6.07) is 1.73. The third kappa shape index (κ3) is 3.64. The molecule has 0 aromatic carbocycles. The fraction of sp³-hybridized carbons (Fsp3) is 0.250. The number of hydrogen-bond acceptors (Lipinski definition) is 4. The lowest BCUT2D eigenvalue weighted by Gasteiger charge is -2.12. The van der Waals surface area contributed by atoms with Gasteiger partial charge in [0.25, 0.3) is 0 Å². The quantitative estimate of drug-likeness (QED) is 0.744. The first-order valence-corrected chi connectivity index (χ1v) is 5.89. The third-order valence-electron chi connectivity index (χ3n) is 1.60. The Labute approximate surface area is 87.0 Å². The number of nitrogens with one attached hydrogen (secondary N) is 1. The van der Waals surface area contributed by atoms with E-state index in [1.807, 2.05) is 4.72 Å². The Morgan fingerprint density at radius 2 is 2.27 bits per heavy atom. The molecule has 0 amide bonds. The van der Waals surface area contributed by atoms with Gasteiger partial charge < -0.3 is 5.11 Å². The molecule has 1 unspecified atom stereocenters. The highest BCUT2D eigenvalue weighted by Crippen LogP contribution is 2.12. The SMILES string of the molecule is CS(=O)(=O)NC(C(=O)O)c1cccnc1. The summed E-state index contributed by atoms with van der Waals surface area (Å²) in [5, 5.41) is 8.84. The molecule has 0 bridgehead atoms. The summed E-state index contributed by atoms with van der Waals surface area (Å²) in [5.41, 5.74) is 0.287. The maximum absolute atomic E-state index is 10.9. The van der Waals surface area contributed by atoms with Gasteiger partial charge >= 0.3 is 5.97 Å². The van der Waals surface area contributed by atoms with Crippen molar-refractivity contribution in [2.75, 3.05) is 6.26 Å². The van der Waals surface area contributed by atoms with Gasteiger partial charge in [-0.15, -0.1) is 0 Å². The smallest absolute Gasteiger partial charge is 0.326 e. The molecular weight excluding hydrogens is 220 g/mol. The van der Waals surface area contributed by atoms with Gasteiger partial charge in [-0.2, -0.15) is 4.72 Å². The van der Waals surface area contributed by atoms with Crippen LogP contribution >= 0.6 is 0 Å². The van der Waals surface area contributed by atoms with E-state index in [4.69, 9.17) is 5.11 Å². The first kappa shape index (κ1) is 11.6. The van der Waals surface area contributed by atoms with E-state index in [-0.39, 0.29) is 5.56 Å². The second-order valence-corrected chi connectivity index (χ2v) is 4.73. The van der Waals surface area contributed by atoms with Crippen LogP contribution in [0, 0.1) is 0 Å². The van der Waals surface area contributed by atoms with Gasteiger partial charge in [-0.25, -0.2) is 8.42 Å². The van der Waals surface area contributed by atoms with Crippen molar-refractivity contribution < 1.29 is 18.3 Å². The van der Waals surface area contributed by atoms with E-state index in [1.165, 1.54) is 24.5 Å². The molecule has 0 aliphatic heterocycles. The van der Waals surface area contributed by atoms with Crippen LogP contribution in [0.4, 0.5) is 0 Å². The van der Waals surface area contributed by atoms with Gasteiger partial charge in [0.1, 0.15) is 6.04 Å². The van der Waals surface area contributed by atoms with Crippen LogP contribution in [0.5, 0.6) is 0 Å². The number of sulfonamides is 1. The average Bonchev–Trinajstić information content (AvgIpc) is 2.14. The number of aliphatic carboxylic acids is 1. The minimum absolute atomic E-state index is 0.287. The number of nitrogens with zero attached hydrogens (tertiary/aromatic N) is 1. The third-order valence-corrected chi connectivity index (χ3v) is 2.26. The monoisotopic (exact) mass is 230 g/mol. The zero-order chi connectivity index (χ0) is 11.5. The van der Waals surface area contributed by atoms with Gasteiger partial charge in [0.15, 0.2) is 0 Å². The molecule has 82 valence electrons. The summed E-state index contributed by atoms with van der Waals surface area (Å²) in [5.74, 6) is -1.27. The van der Waals surface area contributed by atoms with E-state index in [1.54, 1.807) is 0 Å². The van der Waals surface area contributed by atoms with Crippen LogP contribution < -0.4 is 4.72 Å². The Kier molecular flexibility index (Phi) is 3.38. The van der Waals surface area contributed by atoms with Crippen LogP contribution in [0.25, 0.3) is 0 Å². The highest BCUT2D eigenvalue weighted by Gasteiger charge is 2.23. The molecule has 1 aromatic rings. The number of aromatic nitrogens is 1. The van der Waals surface area contributed by atoms with Gasteiger partial charge in [-0.05, 0) is 11.6 Å². The van der Waals surface area contributed by atoms with E-state index in [2.05, 4.69) is 4.98 Å². The Balaban J connectivity index is 3.00. The van der Waals surface area contributed by atoms with Crippen molar-refractivity contribution in [2.45, 2.75) is 6.04 Å². The normalized spacial score (nSPS) is 13.4. The molecule has 1 heterocycles. The van der Waals surface area contributed by atoms with Crippen LogP contribution in [0.1, 0.15) is 11.6 Å². The fourth-order valence-electron chi connectivity index (χ4n) is 1.02. The molecule has 0 aliphatic rings. The molecule has 15 heavy (non-hydrogen) atoms. The molecule has 0 radical (unpaired) electrons. The summed E-state index contributed by atoms with van der Waals surface area (Å²) in [7, 11) is -3.58. The lowest BCUT2D eigenvalue weighted by molar-refractivity contribution is -0.139. The van der Waals surface area contributed by atoms with Crippen molar-refractivity contribution in [1.82, 2.24) is 9.71 Å². The Morgan fingerprint density at radius 1 is 1.60 bits per heavy atom. The highest BCUT2D eigenvalue weighted by molar-refractivity contribution is 7.88. The van der Waals surface area contributed by atoms with Crippen LogP contribution in [-0.2, 0) is 14.8 Å². The summed E-state index contributed by atoms with van der Waals surface area (Å²) in [6.45, 7) is 0. The van der Waals surface area contributed by atoms with Crippen molar-refractivity contribution in [2.24, 2.45) is 0 Å². The predicted octanol–water partition coefficient (Wildman–Crippen LogP) is -0.244. The number of rotatable bonds is 4. The Bertz CT molecular complexity index is 443. The van der Waals surface area contributed by atoms with Crippen molar-refractivity contribution in [3.8, 4) is 0 Å². The topological polar surface area (TPSA) is 96.4 Å². The summed E-state index contributed by atoms with van der Waals surface area (Å²) in [4.78, 5) is 14.5. The summed E-state index contributed by atoms with van der Waals surface area (Å²) < 4.78 is 23.9. The molecule has 1 aromatic heterocycles. The fourth-order valence-corrected chi connectivity index (χ4v) is 1.69. The first-order valence-electron chi connectivity index (χ1n) is 4.00. The lowest BCUT2D eigenvalue weighted by atomic mass is 10.1. The molecule has 0 spiro atoms. The number of carbonyl (C=O) groups is 1. The zero-order valence-corrected chi connectivity index (χ0v) is 8.73. The minimum Gasteiger partial charge on any atom is -0.480 e. The molecule has 1 atom stereocenters. The molecule has 0 saturated heterocycles. The van der Waals surface area contributed by atoms with Crippen LogP contribution in [0.15, 0.2) is 24.5 Å². The predicted molar refractivity (Wildman–Crippen MR) is 52.6 cm³/mol. The highest BCUT2D eigenvalue weighted by atomic mass is 32.2. The number of pyridine rings is 1. The standard InChI is InChI=1S/C8H10N2O4S/c1-15(13,14)10-7(8(11)12)6-3-2-4-9-5-6/h2-5,7,10H,1H3,(H,11,12). The van der Waals surface area contributed by atoms with Gasteiger partial charge in [-0.1, -0.05) is 6.07 Å². The van der Waals surface area contributed by atoms with Crippen molar-refractivity contribution >= 4 is 16.0 Å². The van der Waals surface area contributed by atoms with Gasteiger partial charge in [0, 0.05) is 12.4 Å². The molecule has 1 rings (SSSR count). The van der Waals surface area contributed by atoms with Crippen LogP contribution in [0.2, 0.25) is 0 Å².